The summed E-state index contributed by atoms with van der Waals surface area (Å²) in [6.07, 6.45) is 0. The predicted octanol–water partition coefficient (Wildman–Crippen LogP) is 36.0. The summed E-state index contributed by atoms with van der Waals surface area (Å²) in [5.41, 5.74) is 19.1. The molecule has 0 spiro atoms. The van der Waals surface area contributed by atoms with Crippen molar-refractivity contribution in [1.82, 2.24) is 22.0 Å². The lowest BCUT2D eigenvalue weighted by molar-refractivity contribution is 1.34. The van der Waals surface area contributed by atoms with Crippen LogP contribution in [0.1, 0.15) is 0 Å². The Morgan fingerprint density at radius 2 is 0.423 bits per heavy atom. The monoisotopic (exact) mass is 2080 g/mol. The first-order valence-corrected chi connectivity index (χ1v) is 47.1. The second-order valence-corrected chi connectivity index (χ2v) is 39.2. The highest BCUT2D eigenvalue weighted by molar-refractivity contribution is 9.11. The molecule has 0 saturated heterocycles. The van der Waals surface area contributed by atoms with Crippen molar-refractivity contribution in [3.63, 3.8) is 0 Å². The third kappa shape index (κ3) is 10.4. The maximum Gasteiger partial charge on any atom is 0.0683 e. The number of pyridine rings is 5. The number of fused-ring (bicyclic) bond motifs is 25. The molecule has 0 saturated carbocycles. The van der Waals surface area contributed by atoms with E-state index >= 15 is 0 Å². The van der Waals surface area contributed by atoms with E-state index in [4.69, 9.17) is 0 Å². The fourth-order valence-electron chi connectivity index (χ4n) is 21.4. The van der Waals surface area contributed by atoms with Crippen LogP contribution in [0.2, 0.25) is 0 Å². The minimum absolute atomic E-state index is 1.11. The highest BCUT2D eigenvalue weighted by Crippen LogP contribution is 2.50. The third-order valence-electron chi connectivity index (χ3n) is 26.1. The second-order valence-electron chi connectivity index (χ2n) is 32.2. The lowest BCUT2D eigenvalue weighted by atomic mass is 9.99. The maximum atomic E-state index is 3.81. The van der Waals surface area contributed by atoms with Crippen molar-refractivity contribution in [2.75, 3.05) is 0 Å². The summed E-state index contributed by atoms with van der Waals surface area (Å²) in [4.78, 5) is 0. The van der Waals surface area contributed by atoms with E-state index in [-0.39, 0.29) is 0 Å². The van der Waals surface area contributed by atoms with Gasteiger partial charge < -0.3 is 22.0 Å². The molecule has 0 fully saturated rings. The Morgan fingerprint density at radius 3 is 1.02 bits per heavy atom. The molecule has 0 aliphatic rings. The van der Waals surface area contributed by atoms with Gasteiger partial charge in [-0.25, -0.2) is 0 Å². The van der Waals surface area contributed by atoms with E-state index in [1.165, 1.54) is 244 Å². The fraction of sp³-hybridized carbons (Fsp3) is 0. The van der Waals surface area contributed by atoms with Crippen LogP contribution in [0.4, 0.5) is 0 Å². The molecule has 13 heteroatoms. The summed E-state index contributed by atoms with van der Waals surface area (Å²) in [6, 6.07) is 125. The van der Waals surface area contributed by atoms with Crippen LogP contribution in [0.3, 0.4) is 0 Å². The third-order valence-corrected chi connectivity index (χ3v) is 30.8. The first kappa shape index (κ1) is 73.1. The van der Waals surface area contributed by atoms with Crippen LogP contribution in [-0.2, 0) is 0 Å². The number of para-hydroxylation sites is 5. The van der Waals surface area contributed by atoms with Crippen molar-refractivity contribution in [3.8, 4) is 0 Å². The van der Waals surface area contributed by atoms with Gasteiger partial charge in [0.05, 0.1) is 82.8 Å². The van der Waals surface area contributed by atoms with E-state index in [9.17, 15) is 0 Å². The quantitative estimate of drug-likeness (QED) is 0.107. The van der Waals surface area contributed by atoms with Gasteiger partial charge >= 0.3 is 0 Å². The van der Waals surface area contributed by atoms with Crippen molar-refractivity contribution >= 4 is 372 Å². The van der Waals surface area contributed by atoms with Gasteiger partial charge in [-0.2, -0.15) is 0 Å². The molecule has 5 nitrogen and oxygen atoms in total. The molecule has 0 aliphatic heterocycles. The topological polar surface area (TPSA) is 22.1 Å². The Morgan fingerprint density at radius 1 is 0.130 bits per heavy atom. The van der Waals surface area contributed by atoms with E-state index < -0.39 is 0 Å². The van der Waals surface area contributed by atoms with Gasteiger partial charge in [0.25, 0.3) is 0 Å². The average molecular weight is 2090 g/mol. The standard InChI is InChI=1S/3C22H11Br2N.2C22H12BrN/c23-16-11-10-14-13-6-3-8-17(24)21(13)25-18-9-2-5-12-4-1-7-15(19(12)18)20(16)22(14)25;23-12-7-9-19-17(11-12)15-5-2-4-14-13-3-1-6-16-18(24)8-10-20(21(13)16)25(19)22(14)15;23-13-7-8-19-16(9-13)18-11-14(24)10-17-15-5-1-3-12-4-2-6-20(21(12)15)25(19)22(17)18;23-17-10-4-12-19-21(17)16-9-3-8-15-14-7-1-5-13-6-2-11-18(20(13)14)24(19)22(15)16;23-18-12-11-14-16-7-3-6-15-13-5-1-2-9-19(13)24(22(15)16)20-10-4-8-17(18)21(14)20/h3*1-11H;2*1-12H. The second kappa shape index (κ2) is 27.5. The Kier molecular flexibility index (Phi) is 16.4. The van der Waals surface area contributed by atoms with Crippen molar-refractivity contribution in [2.45, 2.75) is 0 Å². The fourth-order valence-corrected chi connectivity index (χ4v) is 25.1. The molecule has 0 unspecified atom stereocenters. The van der Waals surface area contributed by atoms with E-state index in [1.807, 2.05) is 0 Å². The van der Waals surface area contributed by atoms with Crippen molar-refractivity contribution in [3.05, 3.63) is 382 Å². The highest BCUT2D eigenvalue weighted by Gasteiger charge is 2.26. The molecule has 0 radical (unpaired) electrons. The molecule has 10 aromatic heterocycles. The molecule has 30 rings (SSSR count). The largest absolute Gasteiger partial charge is 0.308 e. The number of nitrogens with zero attached hydrogens (tertiary/aromatic N) is 5. The Labute approximate surface area is 767 Å². The molecule has 0 N–H and O–H groups in total. The zero-order valence-corrected chi connectivity index (χ0v) is 77.4. The molecule has 20 aromatic carbocycles. The van der Waals surface area contributed by atoms with Gasteiger partial charge in [-0.1, -0.05) is 336 Å². The van der Waals surface area contributed by atoms with Crippen LogP contribution in [0, 0.1) is 0 Å². The number of halogens is 8. The maximum absolute atomic E-state index is 3.81. The number of hydrogen-bond acceptors (Lipinski definition) is 0. The molecule has 123 heavy (non-hydrogen) atoms. The summed E-state index contributed by atoms with van der Waals surface area (Å²) in [5, 5.41) is 39.1. The molecule has 0 bridgehead atoms. The van der Waals surface area contributed by atoms with Gasteiger partial charge in [0, 0.05) is 144 Å². The van der Waals surface area contributed by atoms with Crippen molar-refractivity contribution in [2.24, 2.45) is 0 Å². The Bertz CT molecular complexity index is 9780. The smallest absolute Gasteiger partial charge is 0.0683 e. The zero-order valence-electron chi connectivity index (χ0n) is 64.7. The highest BCUT2D eigenvalue weighted by atomic mass is 79.9. The van der Waals surface area contributed by atoms with Crippen LogP contribution in [0.15, 0.2) is 382 Å². The molecular formula is C110H57Br8N5. The molecular weight excluding hydrogens is 2030 g/mol. The normalized spacial score (nSPS) is 12.4. The predicted molar refractivity (Wildman–Crippen MR) is 555 cm³/mol. The van der Waals surface area contributed by atoms with Crippen molar-refractivity contribution < 1.29 is 0 Å². The molecule has 0 aliphatic carbocycles. The lowest BCUT2D eigenvalue weighted by Gasteiger charge is -2.14. The number of benzene rings is 20. The summed E-state index contributed by atoms with van der Waals surface area (Å²) >= 11 is 29.8. The zero-order chi connectivity index (χ0) is 81.8. The summed E-state index contributed by atoms with van der Waals surface area (Å²) in [7, 11) is 0. The summed E-state index contributed by atoms with van der Waals surface area (Å²) in [6.45, 7) is 0. The number of rotatable bonds is 0. The van der Waals surface area contributed by atoms with Gasteiger partial charge in [-0.15, -0.1) is 0 Å². The van der Waals surface area contributed by atoms with Gasteiger partial charge in [0.2, 0.25) is 0 Å². The minimum atomic E-state index is 1.11. The molecule has 30 aromatic rings. The van der Waals surface area contributed by atoms with E-state index in [1.54, 1.807) is 0 Å². The van der Waals surface area contributed by atoms with Crippen LogP contribution < -0.4 is 0 Å². The average Bonchev–Trinajstić information content (AvgIpc) is 1.58. The Hall–Kier alpha value is -11.5. The van der Waals surface area contributed by atoms with Gasteiger partial charge in [0.1, 0.15) is 0 Å². The van der Waals surface area contributed by atoms with Crippen LogP contribution in [0.25, 0.3) is 244 Å². The van der Waals surface area contributed by atoms with E-state index in [2.05, 4.69) is 495 Å². The molecule has 0 amide bonds. The first-order valence-electron chi connectivity index (χ1n) is 40.7. The van der Waals surface area contributed by atoms with Crippen molar-refractivity contribution in [1.29, 1.82) is 0 Å². The lowest BCUT2D eigenvalue weighted by Crippen LogP contribution is -1.93. The van der Waals surface area contributed by atoms with E-state index in [0.717, 1.165) is 35.8 Å². The van der Waals surface area contributed by atoms with Gasteiger partial charge in [-0.3, -0.25) is 0 Å². The number of aromatic nitrogens is 5. The number of hydrogen-bond donors (Lipinski definition) is 0. The van der Waals surface area contributed by atoms with Crippen LogP contribution in [-0.4, -0.2) is 22.0 Å². The van der Waals surface area contributed by atoms with Gasteiger partial charge in [0.15, 0.2) is 0 Å². The summed E-state index contributed by atoms with van der Waals surface area (Å²) < 4.78 is 21.2. The first-order chi connectivity index (χ1) is 60.4. The Balaban J connectivity index is 0.0000000825. The SMILES string of the molecule is Brc1ccc2c(c1)c1cc(Br)cc3c4cccc5cccc(c54)n2c31.Brc1ccc2c(c1)c1cccc3c4cccc5c(Br)ccc(c54)n2c31.Brc1ccc2c3cccc(Br)c3n3c4cccc5cccc(c1c23)c54.Brc1ccc2c3cccc4c5ccccc5n(c5cccc1c25)c34.Brc1cccc2c1c1cccc3c4cccc5cccc(c54)n2c31. The van der Waals surface area contributed by atoms with Gasteiger partial charge in [-0.05, 0) is 191 Å². The molecule has 0 atom stereocenters. The molecule has 578 valence electrons. The molecule has 10 heterocycles. The minimum Gasteiger partial charge on any atom is -0.308 e. The van der Waals surface area contributed by atoms with Crippen LogP contribution in [0.5, 0.6) is 0 Å². The van der Waals surface area contributed by atoms with E-state index in [0.29, 0.717) is 0 Å². The van der Waals surface area contributed by atoms with Crippen LogP contribution >= 0.6 is 127 Å². The summed E-state index contributed by atoms with van der Waals surface area (Å²) in [5.74, 6) is 0.